The largest absolute Gasteiger partial charge is 0.378 e. The van der Waals surface area contributed by atoms with E-state index in [1.165, 1.54) is 6.20 Å². The lowest BCUT2D eigenvalue weighted by molar-refractivity contribution is -0.131. The van der Waals surface area contributed by atoms with E-state index in [-0.39, 0.29) is 29.0 Å². The van der Waals surface area contributed by atoms with Crippen molar-refractivity contribution < 1.29 is 23.1 Å². The molecule has 2 aliphatic heterocycles. The zero-order valence-corrected chi connectivity index (χ0v) is 22.1. The molecule has 14 heteroatoms. The summed E-state index contributed by atoms with van der Waals surface area (Å²) in [6.07, 6.45) is 1.03. The van der Waals surface area contributed by atoms with Crippen molar-refractivity contribution in [2.45, 2.75) is 39.5 Å². The minimum absolute atomic E-state index is 0.00871. The Hall–Kier alpha value is -3.81. The number of piperazine rings is 1. The van der Waals surface area contributed by atoms with E-state index in [2.05, 4.69) is 24.9 Å². The Morgan fingerprint density at radius 3 is 2.23 bits per heavy atom. The number of nitrogens with zero attached hydrogens (tertiary/aromatic N) is 8. The van der Waals surface area contributed by atoms with Crippen molar-refractivity contribution in [3.63, 3.8) is 0 Å². The van der Waals surface area contributed by atoms with Gasteiger partial charge in [0.1, 0.15) is 5.69 Å². The molecule has 0 bridgehead atoms. The third-order valence-electron chi connectivity index (χ3n) is 6.37. The van der Waals surface area contributed by atoms with Gasteiger partial charge in [-0.05, 0) is 26.3 Å². The van der Waals surface area contributed by atoms with Crippen molar-refractivity contribution in [3.8, 4) is 11.4 Å². The molecular formula is C25H33F2N9O3. The summed E-state index contributed by atoms with van der Waals surface area (Å²) in [5.74, 6) is 0.435. The standard InChI is InChI=1S/C25H33F2N9O3/c1-16(2)14-17(37)4-3-5-19(38)34-6-8-35(9-7-34)24-31-22(18-15-29-23(28)30-20(18)21(26)27)32-25(33-24)36-10-12-39-13-11-36/h14-15,21H,3-13H2,1-2H3,(H2,28,29,30). The van der Waals surface area contributed by atoms with E-state index < -0.39 is 12.1 Å². The van der Waals surface area contributed by atoms with E-state index in [1.54, 1.807) is 11.0 Å². The van der Waals surface area contributed by atoms with Gasteiger partial charge in [0.05, 0.1) is 18.8 Å². The molecule has 12 nitrogen and oxygen atoms in total. The number of rotatable bonds is 9. The number of nitrogens with two attached hydrogens (primary N) is 1. The number of halogens is 2. The van der Waals surface area contributed by atoms with Gasteiger partial charge in [-0.1, -0.05) is 5.57 Å². The molecule has 0 aliphatic carbocycles. The first-order valence-electron chi connectivity index (χ1n) is 12.9. The minimum Gasteiger partial charge on any atom is -0.378 e. The number of hydrogen-bond acceptors (Lipinski definition) is 11. The quantitative estimate of drug-likeness (QED) is 0.462. The predicted molar refractivity (Wildman–Crippen MR) is 140 cm³/mol. The number of carbonyl (C=O) groups is 2. The van der Waals surface area contributed by atoms with Crippen LogP contribution in [0.3, 0.4) is 0 Å². The molecule has 2 aromatic rings. The van der Waals surface area contributed by atoms with Crippen LogP contribution in [0.4, 0.5) is 26.6 Å². The number of morpholine rings is 1. The Morgan fingerprint density at radius 2 is 1.62 bits per heavy atom. The van der Waals surface area contributed by atoms with Crippen LogP contribution in [0.2, 0.25) is 0 Å². The zero-order valence-electron chi connectivity index (χ0n) is 22.1. The molecule has 0 saturated carbocycles. The maximum atomic E-state index is 13.8. The van der Waals surface area contributed by atoms with Gasteiger partial charge in [-0.25, -0.2) is 18.7 Å². The zero-order chi connectivity index (χ0) is 27.9. The lowest BCUT2D eigenvalue weighted by atomic mass is 10.1. The fourth-order valence-corrected chi connectivity index (χ4v) is 4.39. The van der Waals surface area contributed by atoms with E-state index in [1.807, 2.05) is 23.6 Å². The van der Waals surface area contributed by atoms with Crippen molar-refractivity contribution in [2.75, 3.05) is 68.0 Å². The molecule has 0 aromatic carbocycles. The fraction of sp³-hybridized carbons (Fsp3) is 0.560. The van der Waals surface area contributed by atoms with Gasteiger partial charge in [0, 0.05) is 58.3 Å². The number of amides is 1. The molecule has 39 heavy (non-hydrogen) atoms. The molecule has 0 radical (unpaired) electrons. The number of ketones is 1. The van der Waals surface area contributed by atoms with Gasteiger partial charge >= 0.3 is 0 Å². The summed E-state index contributed by atoms with van der Waals surface area (Å²) in [4.78, 5) is 51.3. The van der Waals surface area contributed by atoms with Crippen LogP contribution in [-0.2, 0) is 14.3 Å². The van der Waals surface area contributed by atoms with Gasteiger partial charge in [-0.2, -0.15) is 15.0 Å². The normalized spacial score (nSPS) is 16.0. The molecule has 0 unspecified atom stereocenters. The third-order valence-corrected chi connectivity index (χ3v) is 6.37. The average molecular weight is 546 g/mol. The Bertz CT molecular complexity index is 1210. The monoisotopic (exact) mass is 545 g/mol. The maximum Gasteiger partial charge on any atom is 0.281 e. The number of nitrogen functional groups attached to an aromatic ring is 1. The highest BCUT2D eigenvalue weighted by molar-refractivity contribution is 5.90. The molecule has 2 N–H and O–H groups in total. The summed E-state index contributed by atoms with van der Waals surface area (Å²) >= 11 is 0. The highest BCUT2D eigenvalue weighted by atomic mass is 19.3. The molecule has 4 rings (SSSR count). The van der Waals surface area contributed by atoms with Crippen LogP contribution in [0.5, 0.6) is 0 Å². The average Bonchev–Trinajstić information content (AvgIpc) is 2.93. The van der Waals surface area contributed by atoms with Gasteiger partial charge in [0.25, 0.3) is 6.43 Å². The number of carbonyl (C=O) groups excluding carboxylic acids is 2. The molecule has 2 aliphatic rings. The summed E-state index contributed by atoms with van der Waals surface area (Å²) < 4.78 is 33.0. The summed E-state index contributed by atoms with van der Waals surface area (Å²) in [7, 11) is 0. The van der Waals surface area contributed by atoms with Crippen molar-refractivity contribution >= 4 is 29.5 Å². The molecule has 2 saturated heterocycles. The van der Waals surface area contributed by atoms with Crippen LogP contribution in [0.1, 0.15) is 45.2 Å². The first-order valence-corrected chi connectivity index (χ1v) is 12.9. The van der Waals surface area contributed by atoms with Gasteiger partial charge in [0.15, 0.2) is 11.6 Å². The van der Waals surface area contributed by atoms with Crippen LogP contribution >= 0.6 is 0 Å². The Balaban J connectivity index is 1.50. The van der Waals surface area contributed by atoms with E-state index in [0.717, 1.165) is 5.57 Å². The van der Waals surface area contributed by atoms with Gasteiger partial charge < -0.3 is 25.2 Å². The topological polar surface area (TPSA) is 144 Å². The van der Waals surface area contributed by atoms with Crippen molar-refractivity contribution in [2.24, 2.45) is 0 Å². The number of hydrogen-bond donors (Lipinski definition) is 1. The molecule has 0 spiro atoms. The molecule has 2 fully saturated rings. The second-order valence-electron chi connectivity index (χ2n) is 9.60. The highest BCUT2D eigenvalue weighted by Crippen LogP contribution is 2.30. The third kappa shape index (κ3) is 7.40. The number of aromatic nitrogens is 5. The van der Waals surface area contributed by atoms with Crippen LogP contribution in [0.15, 0.2) is 17.8 Å². The van der Waals surface area contributed by atoms with E-state index in [4.69, 9.17) is 10.5 Å². The predicted octanol–water partition coefficient (Wildman–Crippen LogP) is 2.04. The van der Waals surface area contributed by atoms with Crippen molar-refractivity contribution in [1.29, 1.82) is 0 Å². The highest BCUT2D eigenvalue weighted by Gasteiger charge is 2.27. The van der Waals surface area contributed by atoms with Crippen LogP contribution < -0.4 is 15.5 Å². The molecule has 1 amide bonds. The lowest BCUT2D eigenvalue weighted by Crippen LogP contribution is -2.49. The van der Waals surface area contributed by atoms with E-state index >= 15 is 0 Å². The van der Waals surface area contributed by atoms with Crippen molar-refractivity contribution in [3.05, 3.63) is 23.5 Å². The summed E-state index contributed by atoms with van der Waals surface area (Å²) in [6.45, 7) is 7.59. The number of ether oxygens (including phenoxy) is 1. The van der Waals surface area contributed by atoms with Crippen molar-refractivity contribution in [1.82, 2.24) is 29.8 Å². The second-order valence-corrected chi connectivity index (χ2v) is 9.60. The van der Waals surface area contributed by atoms with E-state index in [0.29, 0.717) is 83.6 Å². The lowest BCUT2D eigenvalue weighted by Gasteiger charge is -2.35. The fourth-order valence-electron chi connectivity index (χ4n) is 4.39. The van der Waals surface area contributed by atoms with Crippen LogP contribution in [0, 0.1) is 0 Å². The first-order chi connectivity index (χ1) is 18.7. The van der Waals surface area contributed by atoms with Gasteiger partial charge in [-0.3, -0.25) is 9.59 Å². The summed E-state index contributed by atoms with van der Waals surface area (Å²) in [6, 6.07) is 0. The molecular weight excluding hydrogens is 512 g/mol. The summed E-state index contributed by atoms with van der Waals surface area (Å²) in [5, 5.41) is 0. The maximum absolute atomic E-state index is 13.8. The molecule has 4 heterocycles. The van der Waals surface area contributed by atoms with Gasteiger partial charge in [0.2, 0.25) is 23.8 Å². The Labute approximate surface area is 225 Å². The molecule has 2 aromatic heterocycles. The number of allylic oxidation sites excluding steroid dienone is 2. The minimum atomic E-state index is -2.90. The molecule has 210 valence electrons. The first kappa shape index (κ1) is 28.2. The SMILES string of the molecule is CC(C)=CC(=O)CCCC(=O)N1CCN(c2nc(-c3cnc(N)nc3C(F)F)nc(N3CCOCC3)n2)CC1. The number of anilines is 3. The van der Waals surface area contributed by atoms with Gasteiger partial charge in [-0.15, -0.1) is 0 Å². The number of alkyl halides is 2. The van der Waals surface area contributed by atoms with E-state index in [9.17, 15) is 18.4 Å². The smallest absolute Gasteiger partial charge is 0.281 e. The Kier molecular flexibility index (Phi) is 9.28. The summed E-state index contributed by atoms with van der Waals surface area (Å²) in [5.41, 5.74) is 5.92. The van der Waals surface area contributed by atoms with Crippen LogP contribution in [0.25, 0.3) is 11.4 Å². The molecule has 0 atom stereocenters. The second kappa shape index (κ2) is 12.8. The Morgan fingerprint density at radius 1 is 0.974 bits per heavy atom. The van der Waals surface area contributed by atoms with Crippen LogP contribution in [-0.4, -0.2) is 94.0 Å².